The van der Waals surface area contributed by atoms with Gasteiger partial charge in [-0.2, -0.15) is 5.06 Å². The normalized spacial score (nSPS) is 10.9. The van der Waals surface area contributed by atoms with E-state index in [-0.39, 0.29) is 27.3 Å². The highest BCUT2D eigenvalue weighted by Crippen LogP contribution is 2.36. The van der Waals surface area contributed by atoms with Gasteiger partial charge >= 0.3 is 5.97 Å². The Hall–Kier alpha value is -3.37. The van der Waals surface area contributed by atoms with Crippen molar-refractivity contribution in [2.75, 3.05) is 38.9 Å². The van der Waals surface area contributed by atoms with Gasteiger partial charge in [-0.3, -0.25) is 19.4 Å². The van der Waals surface area contributed by atoms with E-state index >= 15 is 0 Å². The molecule has 11 heteroatoms. The summed E-state index contributed by atoms with van der Waals surface area (Å²) in [6.07, 6.45) is 0. The van der Waals surface area contributed by atoms with Crippen LogP contribution < -0.4 is 9.80 Å². The molecule has 2 amide bonds. The monoisotopic (exact) mass is 533 g/mol. The number of hydrogen-bond acceptors (Lipinski definition) is 6. The molecular formula is C25H25Cl2N3O6. The zero-order chi connectivity index (χ0) is 26.4. The van der Waals surface area contributed by atoms with E-state index < -0.39 is 25.1 Å². The van der Waals surface area contributed by atoms with E-state index in [1.807, 2.05) is 6.92 Å². The standard InChI is InChI=1S/C25H25Cl2N3O6/c1-4-29(28(2)3)22(31)15-36-30(17-8-6-5-7-9-17)23(32)14-35-21-13-16(25(33)34)12-19-18(21)10-11-20(26)24(19)27/h5-13H,4,14-15H2,1-3H3,(H,33,34). The molecule has 0 heterocycles. The van der Waals surface area contributed by atoms with Crippen molar-refractivity contribution in [2.24, 2.45) is 0 Å². The summed E-state index contributed by atoms with van der Waals surface area (Å²) in [5, 5.41) is 14.8. The number of carbonyl (C=O) groups excluding carboxylic acids is 2. The average Bonchev–Trinajstić information content (AvgIpc) is 2.85. The van der Waals surface area contributed by atoms with Crippen molar-refractivity contribution in [2.45, 2.75) is 6.92 Å². The summed E-state index contributed by atoms with van der Waals surface area (Å²) in [5.41, 5.74) is 0.310. The lowest BCUT2D eigenvalue weighted by Gasteiger charge is -2.29. The largest absolute Gasteiger partial charge is 0.483 e. The van der Waals surface area contributed by atoms with Crippen molar-refractivity contribution in [3.05, 3.63) is 70.2 Å². The Labute approximate surface area is 218 Å². The number of hydrazine groups is 1. The van der Waals surface area contributed by atoms with E-state index in [4.69, 9.17) is 32.8 Å². The minimum absolute atomic E-state index is 0.0841. The number of rotatable bonds is 10. The van der Waals surface area contributed by atoms with Crippen LogP contribution in [-0.4, -0.2) is 66.8 Å². The third-order valence-corrected chi connectivity index (χ3v) is 6.01. The van der Waals surface area contributed by atoms with Gasteiger partial charge in [0.15, 0.2) is 13.2 Å². The summed E-state index contributed by atoms with van der Waals surface area (Å²) in [6, 6.07) is 14.4. The van der Waals surface area contributed by atoms with E-state index in [9.17, 15) is 19.5 Å². The molecule has 190 valence electrons. The number of ether oxygens (including phenoxy) is 1. The molecule has 0 aliphatic heterocycles. The van der Waals surface area contributed by atoms with Gasteiger partial charge in [0.25, 0.3) is 11.8 Å². The maximum atomic E-state index is 13.2. The quantitative estimate of drug-likeness (QED) is 0.382. The second-order valence-electron chi connectivity index (χ2n) is 7.78. The van der Waals surface area contributed by atoms with Crippen LogP contribution in [0.5, 0.6) is 5.75 Å². The molecule has 3 rings (SSSR count). The number of para-hydroxylation sites is 1. The molecule has 0 saturated carbocycles. The number of benzene rings is 3. The van der Waals surface area contributed by atoms with Crippen molar-refractivity contribution >= 4 is 57.4 Å². The summed E-state index contributed by atoms with van der Waals surface area (Å²) in [6.45, 7) is 1.35. The van der Waals surface area contributed by atoms with E-state index in [0.29, 0.717) is 23.0 Å². The van der Waals surface area contributed by atoms with Crippen LogP contribution in [0, 0.1) is 0 Å². The van der Waals surface area contributed by atoms with Gasteiger partial charge < -0.3 is 9.84 Å². The van der Waals surface area contributed by atoms with Crippen LogP contribution in [0.25, 0.3) is 10.8 Å². The van der Waals surface area contributed by atoms with Gasteiger partial charge in [-0.25, -0.2) is 9.80 Å². The Morgan fingerprint density at radius 2 is 1.61 bits per heavy atom. The van der Waals surface area contributed by atoms with Crippen LogP contribution in [0.4, 0.5) is 5.69 Å². The van der Waals surface area contributed by atoms with Crippen LogP contribution in [-0.2, 0) is 14.4 Å². The van der Waals surface area contributed by atoms with Crippen LogP contribution in [0.2, 0.25) is 10.0 Å². The Balaban J connectivity index is 1.86. The molecule has 36 heavy (non-hydrogen) atoms. The Bertz CT molecular complexity index is 1270. The summed E-state index contributed by atoms with van der Waals surface area (Å²) in [7, 11) is 3.45. The summed E-state index contributed by atoms with van der Waals surface area (Å²) in [5.74, 6) is -2.02. The smallest absolute Gasteiger partial charge is 0.335 e. The number of aromatic carboxylic acids is 1. The SMILES string of the molecule is CCN(C(=O)CON(C(=O)COc1cc(C(=O)O)cc2c(Cl)c(Cl)ccc12)c1ccccc1)N(C)C. The summed E-state index contributed by atoms with van der Waals surface area (Å²) >= 11 is 12.4. The number of hydrogen-bond donors (Lipinski definition) is 1. The molecule has 3 aromatic rings. The second kappa shape index (κ2) is 12.0. The molecule has 1 N–H and O–H groups in total. The summed E-state index contributed by atoms with van der Waals surface area (Å²) < 4.78 is 5.74. The zero-order valence-electron chi connectivity index (χ0n) is 19.9. The molecule has 0 fully saturated rings. The molecule has 0 unspecified atom stereocenters. The Morgan fingerprint density at radius 3 is 2.22 bits per heavy atom. The molecule has 0 radical (unpaired) electrons. The van der Waals surface area contributed by atoms with Crippen LogP contribution in [0.1, 0.15) is 17.3 Å². The fourth-order valence-electron chi connectivity index (χ4n) is 3.51. The Kier molecular flexibility index (Phi) is 9.11. The lowest BCUT2D eigenvalue weighted by atomic mass is 10.1. The molecule has 0 aromatic heterocycles. The molecule has 0 bridgehead atoms. The van der Waals surface area contributed by atoms with Gasteiger partial charge in [-0.15, -0.1) is 0 Å². The van der Waals surface area contributed by atoms with Gasteiger partial charge in [0.1, 0.15) is 5.75 Å². The number of halogens is 2. The number of carbonyl (C=O) groups is 3. The van der Waals surface area contributed by atoms with Crippen molar-refractivity contribution in [3.63, 3.8) is 0 Å². The number of hydroxylamine groups is 1. The predicted molar refractivity (Wildman–Crippen MR) is 137 cm³/mol. The number of carboxylic acid groups (broad SMARTS) is 1. The third-order valence-electron chi connectivity index (χ3n) is 5.19. The van der Waals surface area contributed by atoms with Crippen molar-refractivity contribution in [3.8, 4) is 5.75 Å². The third kappa shape index (κ3) is 6.24. The van der Waals surface area contributed by atoms with Crippen LogP contribution >= 0.6 is 23.2 Å². The topological polar surface area (TPSA) is 99.6 Å². The maximum Gasteiger partial charge on any atom is 0.335 e. The van der Waals surface area contributed by atoms with Gasteiger partial charge in [0.2, 0.25) is 0 Å². The first-order chi connectivity index (χ1) is 17.1. The molecule has 0 aliphatic carbocycles. The molecule has 9 nitrogen and oxygen atoms in total. The fourth-order valence-corrected chi connectivity index (χ4v) is 3.89. The van der Waals surface area contributed by atoms with Crippen LogP contribution in [0.15, 0.2) is 54.6 Å². The van der Waals surface area contributed by atoms with Crippen molar-refractivity contribution in [1.29, 1.82) is 0 Å². The minimum Gasteiger partial charge on any atom is -0.483 e. The first-order valence-corrected chi connectivity index (χ1v) is 11.7. The lowest BCUT2D eigenvalue weighted by molar-refractivity contribution is -0.151. The van der Waals surface area contributed by atoms with E-state index in [2.05, 4.69) is 0 Å². The number of carboxylic acids is 1. The van der Waals surface area contributed by atoms with E-state index in [1.165, 1.54) is 17.1 Å². The number of anilines is 1. The molecule has 0 saturated heterocycles. The van der Waals surface area contributed by atoms with Crippen molar-refractivity contribution < 1.29 is 29.1 Å². The second-order valence-corrected chi connectivity index (χ2v) is 8.56. The zero-order valence-corrected chi connectivity index (χ0v) is 21.4. The molecule has 0 spiro atoms. The number of amides is 2. The number of fused-ring (bicyclic) bond motifs is 1. The van der Waals surface area contributed by atoms with Gasteiger partial charge in [-0.1, -0.05) is 41.4 Å². The molecule has 0 aliphatic rings. The lowest BCUT2D eigenvalue weighted by Crippen LogP contribution is -2.45. The van der Waals surface area contributed by atoms with E-state index in [0.717, 1.165) is 5.06 Å². The first kappa shape index (κ1) is 27.2. The first-order valence-electron chi connectivity index (χ1n) is 10.9. The number of likely N-dealkylation sites (N-methyl/N-ethyl adjacent to an activating group) is 1. The van der Waals surface area contributed by atoms with Gasteiger partial charge in [-0.05, 0) is 43.3 Å². The van der Waals surface area contributed by atoms with Crippen molar-refractivity contribution in [1.82, 2.24) is 10.0 Å². The van der Waals surface area contributed by atoms with Gasteiger partial charge in [0.05, 0.1) is 21.3 Å². The van der Waals surface area contributed by atoms with Gasteiger partial charge in [0, 0.05) is 31.4 Å². The predicted octanol–water partition coefficient (Wildman–Crippen LogP) is 4.51. The average molecular weight is 534 g/mol. The fraction of sp³-hybridized carbons (Fsp3) is 0.240. The molecular weight excluding hydrogens is 509 g/mol. The van der Waals surface area contributed by atoms with E-state index in [1.54, 1.807) is 61.6 Å². The highest BCUT2D eigenvalue weighted by atomic mass is 35.5. The number of nitrogens with zero attached hydrogens (tertiary/aromatic N) is 3. The maximum absolute atomic E-state index is 13.2. The summed E-state index contributed by atoms with van der Waals surface area (Å²) in [4.78, 5) is 43.0. The highest BCUT2D eigenvalue weighted by molar-refractivity contribution is 6.45. The molecule has 0 atom stereocenters. The molecule has 3 aromatic carbocycles. The van der Waals surface area contributed by atoms with Crippen LogP contribution in [0.3, 0.4) is 0 Å². The highest BCUT2D eigenvalue weighted by Gasteiger charge is 2.23. The minimum atomic E-state index is -1.20. The Morgan fingerprint density at radius 1 is 0.917 bits per heavy atom.